The third-order valence-corrected chi connectivity index (χ3v) is 9.17. The molecule has 10 nitrogen and oxygen atoms in total. The fourth-order valence-corrected chi connectivity index (χ4v) is 5.99. The monoisotopic (exact) mass is 687 g/mol. The molecule has 0 heterocycles. The van der Waals surface area contributed by atoms with Crippen molar-refractivity contribution in [2.24, 2.45) is 0 Å². The maximum Gasteiger partial charge on any atom is 0.188 e. The van der Waals surface area contributed by atoms with Crippen LogP contribution in [-0.2, 0) is 19.2 Å². The lowest BCUT2D eigenvalue weighted by atomic mass is 9.95. The highest BCUT2D eigenvalue weighted by Gasteiger charge is 2.30. The molecule has 49 heavy (non-hydrogen) atoms. The SMILES string of the molecule is CCCC[N+]([O-])(CCCC)CC1=CC(=O)C(C[N+]([O-])(CCCC)CCCC)=CC1=O.CCCC[N+]([O-])(CCCC)CC1=CC(=O)C=CC1=O. The predicted octanol–water partition coefficient (Wildman–Crippen LogP) is 7.36. The number of rotatable bonds is 24. The third-order valence-electron chi connectivity index (χ3n) is 9.17. The molecule has 0 atom stereocenters. The number of unbranched alkanes of at least 4 members (excludes halogenated alkanes) is 6. The van der Waals surface area contributed by atoms with Crippen molar-refractivity contribution in [2.75, 3.05) is 58.9 Å². The average molecular weight is 688 g/mol. The summed E-state index contributed by atoms with van der Waals surface area (Å²) in [6.07, 6.45) is 17.0. The van der Waals surface area contributed by atoms with E-state index in [1.807, 2.05) is 41.5 Å². The molecule has 0 unspecified atom stereocenters. The van der Waals surface area contributed by atoms with Crippen LogP contribution in [-0.4, -0.2) is 96.0 Å². The molecule has 0 radical (unpaired) electrons. The third kappa shape index (κ3) is 16.8. The van der Waals surface area contributed by atoms with Gasteiger partial charge in [0.25, 0.3) is 0 Å². The number of allylic oxidation sites excluding steroid dienone is 5. The van der Waals surface area contributed by atoms with E-state index >= 15 is 0 Å². The van der Waals surface area contributed by atoms with Crippen LogP contribution in [0, 0.1) is 15.6 Å². The topological polar surface area (TPSA) is 137 Å². The molecule has 0 N–H and O–H groups in total. The van der Waals surface area contributed by atoms with Gasteiger partial charge in [-0.15, -0.1) is 0 Å². The standard InChI is InChI=1S/C24H42N2O4.C15H23NO3/c1-5-9-13-25(29,14-10-6-2)19-21-17-24(28)22(18-23(21)27)20-26(30,15-11-7-3)16-12-8-4;1-3-5-9-16(19,10-6-4-2)12-13-11-14(17)7-8-15(13)18/h17-18H,5-16,19-20H2,1-4H3;7-8,11H,3-6,9-10,12H2,1-2H3. The molecule has 10 heteroatoms. The zero-order chi connectivity index (χ0) is 36.9. The smallest absolute Gasteiger partial charge is 0.188 e. The summed E-state index contributed by atoms with van der Waals surface area (Å²) in [5, 5.41) is 39.2. The van der Waals surface area contributed by atoms with Gasteiger partial charge in [0, 0.05) is 0 Å². The summed E-state index contributed by atoms with van der Waals surface area (Å²) in [7, 11) is 0. The second kappa shape index (κ2) is 23.0. The molecule has 0 aromatic rings. The van der Waals surface area contributed by atoms with Crippen molar-refractivity contribution in [3.05, 3.63) is 62.7 Å². The molecule has 2 aliphatic carbocycles. The minimum absolute atomic E-state index is 0.0391. The van der Waals surface area contributed by atoms with Crippen LogP contribution in [0.25, 0.3) is 0 Å². The van der Waals surface area contributed by atoms with Gasteiger partial charge in [-0.3, -0.25) is 19.2 Å². The molecule has 0 aliphatic heterocycles. The van der Waals surface area contributed by atoms with Gasteiger partial charge in [-0.1, -0.05) is 80.1 Å². The van der Waals surface area contributed by atoms with E-state index in [2.05, 4.69) is 0 Å². The molecule has 0 aromatic heterocycles. The summed E-state index contributed by atoms with van der Waals surface area (Å²) in [6, 6.07) is 0. The largest absolute Gasteiger partial charge is 0.633 e. The number of ketones is 4. The first-order chi connectivity index (χ1) is 23.2. The minimum Gasteiger partial charge on any atom is -0.633 e. The van der Waals surface area contributed by atoms with Crippen molar-refractivity contribution in [1.29, 1.82) is 0 Å². The van der Waals surface area contributed by atoms with Crippen LogP contribution in [0.3, 0.4) is 0 Å². The summed E-state index contributed by atoms with van der Waals surface area (Å²) in [5.41, 5.74) is 0.934. The Labute approximate surface area is 296 Å². The van der Waals surface area contributed by atoms with E-state index in [1.54, 1.807) is 0 Å². The summed E-state index contributed by atoms with van der Waals surface area (Å²) < 4.78 is -1.30. The summed E-state index contributed by atoms with van der Waals surface area (Å²) in [5.74, 6) is -0.972. The number of carbonyl (C=O) groups excluding carboxylic acids is 4. The van der Waals surface area contributed by atoms with Crippen LogP contribution in [0.15, 0.2) is 47.1 Å². The molecular formula is C39H65N3O7. The maximum absolute atomic E-state index is 13.2. The molecular weight excluding hydrogens is 622 g/mol. The zero-order valence-corrected chi connectivity index (χ0v) is 31.4. The molecule has 0 bridgehead atoms. The van der Waals surface area contributed by atoms with Gasteiger partial charge in [-0.05, 0) is 68.9 Å². The Morgan fingerprint density at radius 1 is 0.408 bits per heavy atom. The Balaban J connectivity index is 0.000000542. The van der Waals surface area contributed by atoms with Crippen LogP contribution in [0.5, 0.6) is 0 Å². The number of hydrogen-bond acceptors (Lipinski definition) is 7. The molecule has 0 saturated carbocycles. The Kier molecular flexibility index (Phi) is 20.8. The quantitative estimate of drug-likeness (QED) is 0.0587. The van der Waals surface area contributed by atoms with E-state index in [0.717, 1.165) is 77.0 Å². The van der Waals surface area contributed by atoms with Gasteiger partial charge in [-0.25, -0.2) is 0 Å². The fraction of sp³-hybridized carbons (Fsp3) is 0.692. The molecule has 2 rings (SSSR count). The normalized spacial score (nSPS) is 15.6. The molecule has 0 fully saturated rings. The number of hydrogen-bond donors (Lipinski definition) is 0. The van der Waals surface area contributed by atoms with Gasteiger partial charge in [0.2, 0.25) is 0 Å². The highest BCUT2D eigenvalue weighted by Crippen LogP contribution is 2.22. The van der Waals surface area contributed by atoms with Crippen LogP contribution in [0.2, 0.25) is 0 Å². The van der Waals surface area contributed by atoms with Gasteiger partial charge in [-0.2, -0.15) is 0 Å². The van der Waals surface area contributed by atoms with Crippen molar-refractivity contribution in [3.8, 4) is 0 Å². The van der Waals surface area contributed by atoms with Gasteiger partial charge in [0.15, 0.2) is 23.1 Å². The summed E-state index contributed by atoms with van der Waals surface area (Å²) in [6.45, 7) is 15.3. The first-order valence-corrected chi connectivity index (χ1v) is 18.9. The van der Waals surface area contributed by atoms with Gasteiger partial charge in [0.1, 0.15) is 19.6 Å². The second-order valence-electron chi connectivity index (χ2n) is 13.9. The Hall–Kier alpha value is -2.60. The van der Waals surface area contributed by atoms with Crippen LogP contribution in [0.1, 0.15) is 119 Å². The van der Waals surface area contributed by atoms with Crippen molar-refractivity contribution < 1.29 is 33.1 Å². The first-order valence-electron chi connectivity index (χ1n) is 18.9. The lowest BCUT2D eigenvalue weighted by Crippen LogP contribution is -2.47. The van der Waals surface area contributed by atoms with Crippen LogP contribution < -0.4 is 0 Å². The van der Waals surface area contributed by atoms with E-state index in [-0.39, 0.29) is 58.6 Å². The number of quaternary nitrogens is 3. The molecule has 0 saturated heterocycles. The van der Waals surface area contributed by atoms with Crippen molar-refractivity contribution in [3.63, 3.8) is 0 Å². The Bertz CT molecular complexity index is 1120. The highest BCUT2D eigenvalue weighted by molar-refractivity contribution is 6.20. The number of nitrogens with zero attached hydrogens (tertiary/aromatic N) is 3. The Morgan fingerprint density at radius 3 is 0.939 bits per heavy atom. The molecule has 0 amide bonds. The van der Waals surface area contributed by atoms with Crippen LogP contribution in [0.4, 0.5) is 0 Å². The number of carbonyl (C=O) groups is 4. The van der Waals surface area contributed by atoms with Crippen LogP contribution >= 0.6 is 0 Å². The lowest BCUT2D eigenvalue weighted by Gasteiger charge is -2.44. The van der Waals surface area contributed by atoms with Gasteiger partial charge < -0.3 is 29.6 Å². The molecule has 0 spiro atoms. The minimum atomic E-state index is -0.454. The molecule has 0 aromatic carbocycles. The van der Waals surface area contributed by atoms with E-state index < -0.39 is 9.29 Å². The Morgan fingerprint density at radius 2 is 0.673 bits per heavy atom. The van der Waals surface area contributed by atoms with Crippen molar-refractivity contribution in [1.82, 2.24) is 0 Å². The van der Waals surface area contributed by atoms with Gasteiger partial charge in [0.05, 0.1) is 56.0 Å². The summed E-state index contributed by atoms with van der Waals surface area (Å²) >= 11 is 0. The lowest BCUT2D eigenvalue weighted by molar-refractivity contribution is -0.876. The fourth-order valence-electron chi connectivity index (χ4n) is 5.99. The average Bonchev–Trinajstić information content (AvgIpc) is 3.07. The maximum atomic E-state index is 13.2. The van der Waals surface area contributed by atoms with E-state index in [4.69, 9.17) is 0 Å². The summed E-state index contributed by atoms with van der Waals surface area (Å²) in [4.78, 5) is 48.5. The van der Waals surface area contributed by atoms with E-state index in [0.29, 0.717) is 44.8 Å². The van der Waals surface area contributed by atoms with E-state index in [1.165, 1.54) is 30.4 Å². The van der Waals surface area contributed by atoms with Crippen molar-refractivity contribution >= 4 is 23.1 Å². The molecule has 278 valence electrons. The van der Waals surface area contributed by atoms with Crippen molar-refractivity contribution in [2.45, 2.75) is 119 Å². The van der Waals surface area contributed by atoms with E-state index in [9.17, 15) is 34.8 Å². The highest BCUT2D eigenvalue weighted by atomic mass is 16.6. The molecule has 2 aliphatic rings. The zero-order valence-electron chi connectivity index (χ0n) is 31.4. The second-order valence-corrected chi connectivity index (χ2v) is 13.9. The predicted molar refractivity (Wildman–Crippen MR) is 198 cm³/mol. The number of hydroxylamine groups is 9. The first kappa shape index (κ1) is 44.4. The van der Waals surface area contributed by atoms with Gasteiger partial charge >= 0.3 is 0 Å².